The molecule has 3 nitrogen and oxygen atoms in total. The molecule has 7 heteroatoms. The van der Waals surface area contributed by atoms with Gasteiger partial charge in [-0.05, 0) is 30.3 Å². The van der Waals surface area contributed by atoms with Gasteiger partial charge in [-0.25, -0.2) is 8.42 Å². The van der Waals surface area contributed by atoms with Crippen LogP contribution in [0.4, 0.5) is 0 Å². The van der Waals surface area contributed by atoms with Crippen molar-refractivity contribution in [1.82, 2.24) is 4.31 Å². The highest BCUT2D eigenvalue weighted by Crippen LogP contribution is 2.26. The smallest absolute Gasteiger partial charge is 0.207 e. The lowest BCUT2D eigenvalue weighted by molar-refractivity contribution is 0.426. The van der Waals surface area contributed by atoms with Crippen LogP contribution in [0.3, 0.4) is 0 Å². The summed E-state index contributed by atoms with van der Waals surface area (Å²) in [6.07, 6.45) is 0. The van der Waals surface area contributed by atoms with Gasteiger partial charge in [-0.3, -0.25) is 0 Å². The van der Waals surface area contributed by atoms with E-state index in [9.17, 15) is 8.42 Å². The molecule has 0 atom stereocenters. The molecule has 0 amide bonds. The Morgan fingerprint density at radius 3 is 2.50 bits per heavy atom. The van der Waals surface area contributed by atoms with Crippen molar-refractivity contribution in [1.29, 1.82) is 0 Å². The molecule has 0 spiro atoms. The van der Waals surface area contributed by atoms with Gasteiger partial charge in [0.15, 0.2) is 0 Å². The fourth-order valence-corrected chi connectivity index (χ4v) is 4.67. The van der Waals surface area contributed by atoms with E-state index in [4.69, 9.17) is 23.2 Å². The zero-order valence-corrected chi connectivity index (χ0v) is 13.9. The molecule has 1 heterocycles. The van der Waals surface area contributed by atoms with Gasteiger partial charge in [0, 0.05) is 23.0 Å². The van der Waals surface area contributed by atoms with Crippen LogP contribution in [0.25, 0.3) is 0 Å². The maximum absolute atomic E-state index is 12.6. The maximum atomic E-state index is 12.6. The first-order valence-corrected chi connectivity index (χ1v) is 8.94. The molecule has 1 aromatic heterocycles. The Kier molecular flexibility index (Phi) is 5.09. The van der Waals surface area contributed by atoms with Crippen LogP contribution in [0, 0.1) is 0 Å². The summed E-state index contributed by atoms with van der Waals surface area (Å²) in [5, 5.41) is 0.404. The molecule has 20 heavy (non-hydrogen) atoms. The zero-order valence-electron chi connectivity index (χ0n) is 10.7. The molecule has 0 saturated heterocycles. The highest BCUT2D eigenvalue weighted by molar-refractivity contribution is 7.89. The molecule has 0 saturated carbocycles. The van der Waals surface area contributed by atoms with Crippen molar-refractivity contribution in [2.24, 2.45) is 0 Å². The molecule has 2 aromatic rings. The second kappa shape index (κ2) is 6.45. The summed E-state index contributed by atoms with van der Waals surface area (Å²) in [5.41, 5.74) is 0. The number of sulfonamides is 1. The van der Waals surface area contributed by atoms with Crippen LogP contribution in [0.2, 0.25) is 9.36 Å². The summed E-state index contributed by atoms with van der Waals surface area (Å²) in [7, 11) is -3.55. The average molecular weight is 350 g/mol. The van der Waals surface area contributed by atoms with E-state index in [1.807, 2.05) is 6.07 Å². The van der Waals surface area contributed by atoms with E-state index in [1.165, 1.54) is 21.7 Å². The first kappa shape index (κ1) is 15.8. The number of halogens is 2. The summed E-state index contributed by atoms with van der Waals surface area (Å²) >= 11 is 13.1. The van der Waals surface area contributed by atoms with Crippen molar-refractivity contribution in [2.45, 2.75) is 18.4 Å². The lowest BCUT2D eigenvalue weighted by Gasteiger charge is -2.19. The van der Waals surface area contributed by atoms with Crippen LogP contribution in [-0.2, 0) is 16.6 Å². The van der Waals surface area contributed by atoms with Crippen molar-refractivity contribution in [3.05, 3.63) is 50.6 Å². The molecule has 0 aliphatic rings. The van der Waals surface area contributed by atoms with Gasteiger partial charge in [-0.2, -0.15) is 4.31 Å². The molecule has 108 valence electrons. The van der Waals surface area contributed by atoms with E-state index in [2.05, 4.69) is 0 Å². The number of hydrogen-bond acceptors (Lipinski definition) is 3. The normalized spacial score (nSPS) is 12.0. The van der Waals surface area contributed by atoms with Crippen molar-refractivity contribution in [2.75, 3.05) is 6.54 Å². The van der Waals surface area contributed by atoms with E-state index in [-0.39, 0.29) is 4.90 Å². The van der Waals surface area contributed by atoms with E-state index in [1.54, 1.807) is 31.2 Å². The van der Waals surface area contributed by atoms with E-state index >= 15 is 0 Å². The third-order valence-corrected chi connectivity index (χ3v) is 6.12. The van der Waals surface area contributed by atoms with Gasteiger partial charge in [-0.15, -0.1) is 11.3 Å². The average Bonchev–Trinajstić information content (AvgIpc) is 2.81. The van der Waals surface area contributed by atoms with E-state index < -0.39 is 10.0 Å². The SMILES string of the molecule is CCN(Cc1ccc(Cl)s1)S(=O)(=O)c1cccc(Cl)c1. The lowest BCUT2D eigenvalue weighted by Crippen LogP contribution is -2.30. The summed E-state index contributed by atoms with van der Waals surface area (Å²) in [6, 6.07) is 9.89. The minimum absolute atomic E-state index is 0.203. The van der Waals surface area contributed by atoms with Gasteiger partial charge in [0.25, 0.3) is 0 Å². The van der Waals surface area contributed by atoms with Gasteiger partial charge < -0.3 is 0 Å². The second-order valence-electron chi connectivity index (χ2n) is 4.09. The number of hydrogen-bond donors (Lipinski definition) is 0. The summed E-state index contributed by atoms with van der Waals surface area (Å²) in [4.78, 5) is 1.11. The van der Waals surface area contributed by atoms with Gasteiger partial charge in [0.1, 0.15) is 0 Å². The molecule has 0 bridgehead atoms. The fraction of sp³-hybridized carbons (Fsp3) is 0.231. The lowest BCUT2D eigenvalue weighted by atomic mass is 10.4. The molecular weight excluding hydrogens is 337 g/mol. The van der Waals surface area contributed by atoms with Gasteiger partial charge >= 0.3 is 0 Å². The largest absolute Gasteiger partial charge is 0.243 e. The van der Waals surface area contributed by atoms with Crippen molar-refractivity contribution in [3.63, 3.8) is 0 Å². The monoisotopic (exact) mass is 349 g/mol. The molecule has 2 rings (SSSR count). The molecule has 0 unspecified atom stereocenters. The third-order valence-electron chi connectivity index (χ3n) is 2.75. The number of rotatable bonds is 5. The number of nitrogens with zero attached hydrogens (tertiary/aromatic N) is 1. The van der Waals surface area contributed by atoms with Crippen LogP contribution < -0.4 is 0 Å². The molecule has 0 N–H and O–H groups in total. The highest BCUT2D eigenvalue weighted by atomic mass is 35.5. The molecule has 0 aliphatic carbocycles. The Labute approximate surface area is 132 Å². The third kappa shape index (κ3) is 3.54. The predicted octanol–water partition coefficient (Wildman–Crippen LogP) is 4.27. The number of benzene rings is 1. The molecular formula is C13H13Cl2NO2S2. The topological polar surface area (TPSA) is 37.4 Å². The number of thiophene rings is 1. The van der Waals surface area contributed by atoms with Crippen molar-refractivity contribution >= 4 is 44.6 Å². The zero-order chi connectivity index (χ0) is 14.8. The second-order valence-corrected chi connectivity index (χ2v) is 8.27. The van der Waals surface area contributed by atoms with Crippen LogP contribution in [0.15, 0.2) is 41.3 Å². The van der Waals surface area contributed by atoms with Crippen LogP contribution >= 0.6 is 34.5 Å². The molecule has 1 aromatic carbocycles. The molecule has 0 radical (unpaired) electrons. The van der Waals surface area contributed by atoms with Crippen molar-refractivity contribution < 1.29 is 8.42 Å². The Hall–Kier alpha value is -0.590. The molecule has 0 fully saturated rings. The van der Waals surface area contributed by atoms with Crippen LogP contribution in [-0.4, -0.2) is 19.3 Å². The maximum Gasteiger partial charge on any atom is 0.243 e. The van der Waals surface area contributed by atoms with E-state index in [0.717, 1.165) is 4.88 Å². The first-order chi connectivity index (χ1) is 9.43. The van der Waals surface area contributed by atoms with Crippen LogP contribution in [0.5, 0.6) is 0 Å². The van der Waals surface area contributed by atoms with Crippen LogP contribution in [0.1, 0.15) is 11.8 Å². The quantitative estimate of drug-likeness (QED) is 0.808. The highest BCUT2D eigenvalue weighted by Gasteiger charge is 2.23. The van der Waals surface area contributed by atoms with E-state index in [0.29, 0.717) is 22.4 Å². The minimum atomic E-state index is -3.55. The Balaban J connectivity index is 2.30. The molecule has 0 aliphatic heterocycles. The Morgan fingerprint density at radius 1 is 1.20 bits per heavy atom. The summed E-state index contributed by atoms with van der Waals surface area (Å²) < 4.78 is 27.2. The van der Waals surface area contributed by atoms with Crippen molar-refractivity contribution in [3.8, 4) is 0 Å². The summed E-state index contributed by atoms with van der Waals surface area (Å²) in [5.74, 6) is 0. The fourth-order valence-electron chi connectivity index (χ4n) is 1.75. The van der Waals surface area contributed by atoms with Gasteiger partial charge in [0.05, 0.1) is 9.23 Å². The predicted molar refractivity (Wildman–Crippen MR) is 84.1 cm³/mol. The Bertz CT molecular complexity index is 698. The minimum Gasteiger partial charge on any atom is -0.207 e. The van der Waals surface area contributed by atoms with Gasteiger partial charge in [-0.1, -0.05) is 36.2 Å². The van der Waals surface area contributed by atoms with Gasteiger partial charge in [0.2, 0.25) is 10.0 Å². The first-order valence-electron chi connectivity index (χ1n) is 5.93. The summed E-state index contributed by atoms with van der Waals surface area (Å²) in [6.45, 7) is 2.49. The Morgan fingerprint density at radius 2 is 1.95 bits per heavy atom. The standard InChI is InChI=1S/C13H13Cl2NO2S2/c1-2-16(9-11-6-7-13(15)19-11)20(17,18)12-5-3-4-10(14)8-12/h3-8H,2,9H2,1H3.